The number of halogens is 2. The fraction of sp³-hybridized carbons (Fsp3) is 0. The Hall–Kier alpha value is -1.29. The van der Waals surface area contributed by atoms with E-state index >= 15 is 0 Å². The number of carboxylic acids is 1. The van der Waals surface area contributed by atoms with Crippen LogP contribution in [0.2, 0.25) is 5.02 Å². The molecule has 0 aliphatic rings. The van der Waals surface area contributed by atoms with E-state index in [2.05, 4.69) is 20.7 Å². The van der Waals surface area contributed by atoms with Gasteiger partial charge in [0.15, 0.2) is 0 Å². The highest BCUT2D eigenvalue weighted by molar-refractivity contribution is 9.11. The van der Waals surface area contributed by atoms with Crippen molar-refractivity contribution >= 4 is 66.2 Å². The molecule has 0 bridgehead atoms. The molecule has 6 nitrogen and oxygen atoms in total. The summed E-state index contributed by atoms with van der Waals surface area (Å²) in [6, 6.07) is 5.03. The van der Waals surface area contributed by atoms with Crippen molar-refractivity contribution in [3.63, 3.8) is 0 Å². The number of nitrogen functional groups attached to an aromatic ring is 1. The summed E-state index contributed by atoms with van der Waals surface area (Å²) in [6.45, 7) is 0. The minimum atomic E-state index is -3.84. The molecule has 0 amide bonds. The average Bonchev–Trinajstić information content (AvgIpc) is 2.72. The highest BCUT2D eigenvalue weighted by Crippen LogP contribution is 2.35. The molecule has 0 saturated carbocycles. The van der Waals surface area contributed by atoms with Crippen molar-refractivity contribution in [3.05, 3.63) is 38.6 Å². The fourth-order valence-electron chi connectivity index (χ4n) is 1.44. The molecule has 1 heterocycles. The minimum absolute atomic E-state index is 0.0141. The van der Waals surface area contributed by atoms with Crippen LogP contribution in [-0.4, -0.2) is 19.5 Å². The highest BCUT2D eigenvalue weighted by Gasteiger charge is 2.20. The Labute approximate surface area is 137 Å². The lowest BCUT2D eigenvalue weighted by molar-refractivity contribution is 0.0697. The maximum atomic E-state index is 12.2. The van der Waals surface area contributed by atoms with E-state index in [-0.39, 0.29) is 26.2 Å². The second-order valence-corrected chi connectivity index (χ2v) is 8.59. The van der Waals surface area contributed by atoms with E-state index in [0.29, 0.717) is 3.79 Å². The van der Waals surface area contributed by atoms with Gasteiger partial charge in [0.05, 0.1) is 25.7 Å². The maximum Gasteiger partial charge on any atom is 0.335 e. The molecule has 4 N–H and O–H groups in total. The van der Waals surface area contributed by atoms with Gasteiger partial charge in [-0.1, -0.05) is 11.6 Å². The average molecular weight is 412 g/mol. The number of nitrogens with one attached hydrogen (secondary N) is 1. The Kier molecular flexibility index (Phi) is 4.47. The largest absolute Gasteiger partial charge is 0.478 e. The Morgan fingerprint density at radius 1 is 1.38 bits per heavy atom. The number of carbonyl (C=O) groups is 1. The minimum Gasteiger partial charge on any atom is -0.478 e. The number of hydrogen-bond acceptors (Lipinski definition) is 5. The SMILES string of the molecule is Nc1cc(C(=O)O)ccc1NS(=O)(=O)c1cc(Cl)c(Br)s1. The van der Waals surface area contributed by atoms with E-state index in [4.69, 9.17) is 22.4 Å². The molecule has 0 unspecified atom stereocenters. The van der Waals surface area contributed by atoms with Crippen molar-refractivity contribution < 1.29 is 18.3 Å². The number of aromatic carboxylic acids is 1. The van der Waals surface area contributed by atoms with Gasteiger partial charge in [-0.25, -0.2) is 13.2 Å². The van der Waals surface area contributed by atoms with E-state index in [1.807, 2.05) is 0 Å². The Bertz CT molecular complexity index is 800. The number of benzene rings is 1. The van der Waals surface area contributed by atoms with Crippen LogP contribution in [0, 0.1) is 0 Å². The Morgan fingerprint density at radius 2 is 2.05 bits per heavy atom. The summed E-state index contributed by atoms with van der Waals surface area (Å²) >= 11 is 9.90. The molecular weight excluding hydrogens is 404 g/mol. The van der Waals surface area contributed by atoms with Crippen molar-refractivity contribution in [2.45, 2.75) is 4.21 Å². The number of hydrogen-bond donors (Lipinski definition) is 3. The molecule has 2 aromatic rings. The van der Waals surface area contributed by atoms with Gasteiger partial charge in [-0.3, -0.25) is 4.72 Å². The molecule has 1 aromatic heterocycles. The number of nitrogens with two attached hydrogens (primary N) is 1. The van der Waals surface area contributed by atoms with Gasteiger partial charge in [0.1, 0.15) is 4.21 Å². The zero-order chi connectivity index (χ0) is 15.8. The predicted molar refractivity (Wildman–Crippen MR) is 85.7 cm³/mol. The van der Waals surface area contributed by atoms with Gasteiger partial charge in [-0.15, -0.1) is 11.3 Å². The lowest BCUT2D eigenvalue weighted by Gasteiger charge is -2.09. The Morgan fingerprint density at radius 3 is 2.52 bits per heavy atom. The van der Waals surface area contributed by atoms with Crippen molar-refractivity contribution in [1.29, 1.82) is 0 Å². The van der Waals surface area contributed by atoms with Crippen molar-refractivity contribution in [2.75, 3.05) is 10.5 Å². The third-order valence-electron chi connectivity index (χ3n) is 2.43. The van der Waals surface area contributed by atoms with Crippen molar-refractivity contribution in [2.24, 2.45) is 0 Å². The zero-order valence-corrected chi connectivity index (χ0v) is 14.1. The van der Waals surface area contributed by atoms with Crippen LogP contribution in [0.3, 0.4) is 0 Å². The summed E-state index contributed by atoms with van der Waals surface area (Å²) in [7, 11) is -3.84. The van der Waals surface area contributed by atoms with Gasteiger partial charge in [0.25, 0.3) is 10.0 Å². The second kappa shape index (κ2) is 5.84. The normalized spacial score (nSPS) is 11.3. The van der Waals surface area contributed by atoms with E-state index in [0.717, 1.165) is 11.3 Å². The van der Waals surface area contributed by atoms with Crippen LogP contribution in [0.4, 0.5) is 11.4 Å². The summed E-state index contributed by atoms with van der Waals surface area (Å²) in [4.78, 5) is 10.8. The molecule has 0 radical (unpaired) electrons. The molecule has 0 atom stereocenters. The van der Waals surface area contributed by atoms with Crippen LogP contribution in [0.1, 0.15) is 10.4 Å². The van der Waals surface area contributed by atoms with Crippen molar-refractivity contribution in [3.8, 4) is 0 Å². The molecule has 0 aliphatic carbocycles. The summed E-state index contributed by atoms with van der Waals surface area (Å²) in [5.41, 5.74) is 5.74. The number of rotatable bonds is 4. The van der Waals surface area contributed by atoms with E-state index in [1.54, 1.807) is 0 Å². The quantitative estimate of drug-likeness (QED) is 0.669. The van der Waals surface area contributed by atoms with Gasteiger partial charge in [-0.2, -0.15) is 0 Å². The summed E-state index contributed by atoms with van der Waals surface area (Å²) < 4.78 is 27.2. The topological polar surface area (TPSA) is 109 Å². The number of sulfonamides is 1. The summed E-state index contributed by atoms with van der Waals surface area (Å²) in [6.07, 6.45) is 0. The number of anilines is 2. The first-order valence-electron chi connectivity index (χ1n) is 5.31. The van der Waals surface area contributed by atoms with Crippen molar-refractivity contribution in [1.82, 2.24) is 0 Å². The van der Waals surface area contributed by atoms with Crippen LogP contribution in [0.15, 0.2) is 32.3 Å². The van der Waals surface area contributed by atoms with E-state index in [1.165, 1.54) is 24.3 Å². The molecule has 0 spiro atoms. The molecule has 0 aliphatic heterocycles. The molecule has 21 heavy (non-hydrogen) atoms. The predicted octanol–water partition coefficient (Wildman–Crippen LogP) is 3.25. The first-order chi connectivity index (χ1) is 9.70. The number of carboxylic acid groups (broad SMARTS) is 1. The van der Waals surface area contributed by atoms with Crippen LogP contribution in [-0.2, 0) is 10.0 Å². The zero-order valence-electron chi connectivity index (χ0n) is 10.1. The van der Waals surface area contributed by atoms with Crippen LogP contribution >= 0.6 is 38.9 Å². The maximum absolute atomic E-state index is 12.2. The lowest BCUT2D eigenvalue weighted by atomic mass is 10.2. The number of thiophene rings is 1. The van der Waals surface area contributed by atoms with Gasteiger partial charge >= 0.3 is 5.97 Å². The standard InChI is InChI=1S/C11H8BrClN2O4S2/c12-10-6(13)4-9(20-10)21(18,19)15-8-2-1-5(11(16)17)3-7(8)14/h1-4,15H,14H2,(H,16,17). The third kappa shape index (κ3) is 3.49. The van der Waals surface area contributed by atoms with Gasteiger partial charge in [0.2, 0.25) is 0 Å². The Balaban J connectivity index is 2.35. The van der Waals surface area contributed by atoms with Crippen LogP contribution in [0.25, 0.3) is 0 Å². The highest BCUT2D eigenvalue weighted by atomic mass is 79.9. The summed E-state index contributed by atoms with van der Waals surface area (Å²) in [5, 5.41) is 9.12. The van der Waals surface area contributed by atoms with E-state index < -0.39 is 16.0 Å². The van der Waals surface area contributed by atoms with Crippen LogP contribution < -0.4 is 10.5 Å². The van der Waals surface area contributed by atoms with Gasteiger partial charge in [-0.05, 0) is 40.2 Å². The first kappa shape index (κ1) is 16.1. The van der Waals surface area contributed by atoms with Gasteiger partial charge < -0.3 is 10.8 Å². The summed E-state index contributed by atoms with van der Waals surface area (Å²) in [5.74, 6) is -1.15. The molecule has 112 valence electrons. The molecule has 1 aromatic carbocycles. The molecule has 10 heteroatoms. The monoisotopic (exact) mass is 410 g/mol. The fourth-order valence-corrected chi connectivity index (χ4v) is 4.93. The first-order valence-corrected chi connectivity index (χ1v) is 8.78. The van der Waals surface area contributed by atoms with Crippen LogP contribution in [0.5, 0.6) is 0 Å². The lowest BCUT2D eigenvalue weighted by Crippen LogP contribution is -2.13. The molecule has 0 fully saturated rings. The molecule has 2 rings (SSSR count). The van der Waals surface area contributed by atoms with E-state index in [9.17, 15) is 13.2 Å². The second-order valence-electron chi connectivity index (χ2n) is 3.90. The third-order valence-corrected chi connectivity index (χ3v) is 6.74. The molecular formula is C11H8BrClN2O4S2. The smallest absolute Gasteiger partial charge is 0.335 e. The van der Waals surface area contributed by atoms with Gasteiger partial charge in [0, 0.05) is 0 Å². The molecule has 0 saturated heterocycles.